The van der Waals surface area contributed by atoms with Gasteiger partial charge in [0.1, 0.15) is 0 Å². The molecule has 1 heterocycles. The first kappa shape index (κ1) is 5.03. The second-order valence-electron chi connectivity index (χ2n) is 1.62. The minimum atomic E-state index is 0.951. The minimum Gasteiger partial charge on any atom is -0.252 e. The van der Waals surface area contributed by atoms with Gasteiger partial charge in [-0.2, -0.15) is 0 Å². The standard InChI is InChI=1S/C5H8N3/c1-5-4-7-2-3-8(5)6/h2-4H,1H3,(H2,6,7)/q+1. The maximum Gasteiger partial charge on any atom is 0.226 e. The van der Waals surface area contributed by atoms with Gasteiger partial charge in [-0.25, -0.2) is 5.84 Å². The van der Waals surface area contributed by atoms with E-state index in [0.29, 0.717) is 0 Å². The van der Waals surface area contributed by atoms with Crippen molar-refractivity contribution >= 4 is 0 Å². The minimum absolute atomic E-state index is 0.951. The third-order valence-corrected chi connectivity index (χ3v) is 0.982. The van der Waals surface area contributed by atoms with E-state index in [-0.39, 0.29) is 0 Å². The molecule has 0 fully saturated rings. The molecule has 0 aliphatic rings. The molecule has 1 aromatic rings. The van der Waals surface area contributed by atoms with Crippen molar-refractivity contribution in [3.8, 4) is 0 Å². The molecule has 0 aliphatic carbocycles. The van der Waals surface area contributed by atoms with Crippen LogP contribution in [-0.2, 0) is 0 Å². The quantitative estimate of drug-likeness (QED) is 0.357. The number of nitrogens with zero attached hydrogens (tertiary/aromatic N) is 2. The Balaban J connectivity index is 3.13. The highest BCUT2D eigenvalue weighted by atomic mass is 15.3. The molecule has 2 N–H and O–H groups in total. The van der Waals surface area contributed by atoms with E-state index in [4.69, 9.17) is 5.84 Å². The maximum absolute atomic E-state index is 5.40. The van der Waals surface area contributed by atoms with Crippen molar-refractivity contribution in [1.82, 2.24) is 4.98 Å². The Kier molecular flexibility index (Phi) is 1.12. The molecule has 0 spiro atoms. The predicted octanol–water partition coefficient (Wildman–Crippen LogP) is -0.609. The van der Waals surface area contributed by atoms with Crippen LogP contribution < -0.4 is 10.5 Å². The highest BCUT2D eigenvalue weighted by molar-refractivity contribution is 4.80. The molecule has 3 heteroatoms. The number of hydrogen-bond donors (Lipinski definition) is 1. The number of nitrogens with two attached hydrogens (primary N) is 1. The Bertz CT molecular complexity index is 164. The van der Waals surface area contributed by atoms with Crippen LogP contribution in [0.5, 0.6) is 0 Å². The van der Waals surface area contributed by atoms with E-state index in [0.717, 1.165) is 5.69 Å². The van der Waals surface area contributed by atoms with Gasteiger partial charge >= 0.3 is 0 Å². The molecule has 0 bridgehead atoms. The second kappa shape index (κ2) is 1.78. The molecule has 3 nitrogen and oxygen atoms in total. The summed E-state index contributed by atoms with van der Waals surface area (Å²) in [6.45, 7) is 1.90. The zero-order valence-electron chi connectivity index (χ0n) is 4.70. The molecule has 0 radical (unpaired) electrons. The fourth-order valence-corrected chi connectivity index (χ4v) is 0.445. The van der Waals surface area contributed by atoms with Crippen molar-refractivity contribution in [2.75, 3.05) is 5.84 Å². The van der Waals surface area contributed by atoms with Crippen LogP contribution in [0.4, 0.5) is 0 Å². The number of aromatic nitrogens is 2. The zero-order valence-corrected chi connectivity index (χ0v) is 4.70. The Morgan fingerprint density at radius 1 is 1.75 bits per heavy atom. The largest absolute Gasteiger partial charge is 0.252 e. The molecular formula is C5H8N3+. The van der Waals surface area contributed by atoms with Crippen LogP contribution in [0.3, 0.4) is 0 Å². The average Bonchev–Trinajstić information content (AvgIpc) is 1.77. The number of nitrogen functional groups attached to an aromatic ring is 1. The summed E-state index contributed by atoms with van der Waals surface area (Å²) in [6.07, 6.45) is 5.06. The maximum atomic E-state index is 5.40. The van der Waals surface area contributed by atoms with Gasteiger partial charge < -0.3 is 0 Å². The van der Waals surface area contributed by atoms with E-state index in [1.54, 1.807) is 18.6 Å². The SMILES string of the molecule is Cc1cncc[n+]1N. The summed E-state index contributed by atoms with van der Waals surface area (Å²) in [5, 5.41) is 0. The van der Waals surface area contributed by atoms with Crippen molar-refractivity contribution in [3.05, 3.63) is 24.3 Å². The lowest BCUT2D eigenvalue weighted by Crippen LogP contribution is -2.46. The van der Waals surface area contributed by atoms with Gasteiger partial charge in [-0.1, -0.05) is 4.68 Å². The molecule has 0 saturated carbocycles. The van der Waals surface area contributed by atoms with Crippen LogP contribution in [-0.4, -0.2) is 4.98 Å². The van der Waals surface area contributed by atoms with Crippen LogP contribution in [0.15, 0.2) is 18.6 Å². The molecule has 0 aromatic carbocycles. The number of aryl methyl sites for hydroxylation is 1. The summed E-state index contributed by atoms with van der Waals surface area (Å²) in [7, 11) is 0. The first-order valence-corrected chi connectivity index (χ1v) is 2.38. The van der Waals surface area contributed by atoms with Crippen molar-refractivity contribution < 1.29 is 4.68 Å². The van der Waals surface area contributed by atoms with Gasteiger partial charge in [-0.05, 0) is 0 Å². The van der Waals surface area contributed by atoms with Gasteiger partial charge in [0.2, 0.25) is 11.9 Å². The lowest BCUT2D eigenvalue weighted by Gasteiger charge is -1.85. The second-order valence-corrected chi connectivity index (χ2v) is 1.62. The van der Waals surface area contributed by atoms with E-state index >= 15 is 0 Å². The third kappa shape index (κ3) is 0.753. The summed E-state index contributed by atoms with van der Waals surface area (Å²) < 4.78 is 1.52. The van der Waals surface area contributed by atoms with E-state index in [2.05, 4.69) is 4.98 Å². The predicted molar refractivity (Wildman–Crippen MR) is 29.3 cm³/mol. The molecule has 8 heavy (non-hydrogen) atoms. The Labute approximate surface area is 47.8 Å². The summed E-state index contributed by atoms with van der Waals surface area (Å²) in [6, 6.07) is 0. The normalized spacial score (nSPS) is 9.12. The van der Waals surface area contributed by atoms with E-state index < -0.39 is 0 Å². The van der Waals surface area contributed by atoms with Crippen LogP contribution >= 0.6 is 0 Å². The van der Waals surface area contributed by atoms with Gasteiger partial charge in [-0.15, -0.1) is 0 Å². The molecule has 1 aromatic heterocycles. The van der Waals surface area contributed by atoms with E-state index in [1.165, 1.54) is 4.68 Å². The van der Waals surface area contributed by atoms with Crippen molar-refractivity contribution in [3.63, 3.8) is 0 Å². The van der Waals surface area contributed by atoms with Crippen molar-refractivity contribution in [2.45, 2.75) is 6.92 Å². The third-order valence-electron chi connectivity index (χ3n) is 0.982. The molecule has 0 aliphatic heterocycles. The molecule has 0 unspecified atom stereocenters. The van der Waals surface area contributed by atoms with Gasteiger partial charge in [0.15, 0.2) is 0 Å². The molecule has 1 rings (SSSR count). The van der Waals surface area contributed by atoms with Crippen molar-refractivity contribution in [1.29, 1.82) is 0 Å². The molecule has 0 atom stereocenters. The molecule has 0 saturated heterocycles. The van der Waals surface area contributed by atoms with E-state index in [1.807, 2.05) is 6.92 Å². The van der Waals surface area contributed by atoms with Crippen LogP contribution in [0.2, 0.25) is 0 Å². The Hall–Kier alpha value is -1.12. The summed E-state index contributed by atoms with van der Waals surface area (Å²) in [5.41, 5.74) is 0.951. The zero-order chi connectivity index (χ0) is 5.98. The fraction of sp³-hybridized carbons (Fsp3) is 0.200. The highest BCUT2D eigenvalue weighted by Gasteiger charge is 1.94. The van der Waals surface area contributed by atoms with Gasteiger partial charge in [0, 0.05) is 6.92 Å². The van der Waals surface area contributed by atoms with Crippen LogP contribution in [0.25, 0.3) is 0 Å². The summed E-state index contributed by atoms with van der Waals surface area (Å²) >= 11 is 0. The summed E-state index contributed by atoms with van der Waals surface area (Å²) in [4.78, 5) is 3.84. The lowest BCUT2D eigenvalue weighted by atomic mass is 10.5. The lowest BCUT2D eigenvalue weighted by molar-refractivity contribution is -0.646. The van der Waals surface area contributed by atoms with Gasteiger partial charge in [0.25, 0.3) is 0 Å². The fourth-order valence-electron chi connectivity index (χ4n) is 0.445. The van der Waals surface area contributed by atoms with Crippen LogP contribution in [0, 0.1) is 6.92 Å². The van der Waals surface area contributed by atoms with Gasteiger partial charge in [-0.3, -0.25) is 4.98 Å². The molecular weight excluding hydrogens is 102 g/mol. The van der Waals surface area contributed by atoms with Gasteiger partial charge in [0.05, 0.1) is 12.4 Å². The topological polar surface area (TPSA) is 42.8 Å². The molecule has 42 valence electrons. The first-order chi connectivity index (χ1) is 3.80. The number of rotatable bonds is 0. The summed E-state index contributed by atoms with van der Waals surface area (Å²) in [5.74, 6) is 5.40. The van der Waals surface area contributed by atoms with Crippen molar-refractivity contribution in [2.24, 2.45) is 0 Å². The Morgan fingerprint density at radius 2 is 2.50 bits per heavy atom. The first-order valence-electron chi connectivity index (χ1n) is 2.38. The highest BCUT2D eigenvalue weighted by Crippen LogP contribution is 1.76. The monoisotopic (exact) mass is 110 g/mol. The number of hydrogen-bond acceptors (Lipinski definition) is 2. The Morgan fingerprint density at radius 3 is 2.88 bits per heavy atom. The van der Waals surface area contributed by atoms with Crippen LogP contribution in [0.1, 0.15) is 5.69 Å². The molecule has 0 amide bonds. The average molecular weight is 110 g/mol. The van der Waals surface area contributed by atoms with E-state index in [9.17, 15) is 0 Å². The smallest absolute Gasteiger partial charge is 0.226 e.